The van der Waals surface area contributed by atoms with Crippen LogP contribution in [0.2, 0.25) is 0 Å². The first-order valence-electron chi connectivity index (χ1n) is 12.3. The Labute approximate surface area is 189 Å². The molecule has 2 heterocycles. The number of aromatic nitrogens is 1. The Morgan fingerprint density at radius 1 is 1.25 bits per heavy atom. The number of hydrazine groups is 1. The van der Waals surface area contributed by atoms with Gasteiger partial charge in [-0.2, -0.15) is 5.10 Å². The van der Waals surface area contributed by atoms with Gasteiger partial charge in [0, 0.05) is 42.0 Å². The number of carbonyl (C=O) groups excluding carboxylic acids is 1. The van der Waals surface area contributed by atoms with Crippen LogP contribution in [0.3, 0.4) is 0 Å². The Balaban J connectivity index is 1.34. The second-order valence-corrected chi connectivity index (χ2v) is 10.0. The maximum atomic E-state index is 13.6. The Morgan fingerprint density at radius 2 is 2.09 bits per heavy atom. The molecule has 1 aromatic heterocycles. The van der Waals surface area contributed by atoms with E-state index >= 15 is 0 Å². The molecule has 4 unspecified atom stereocenters. The number of amidine groups is 1. The highest BCUT2D eigenvalue weighted by Crippen LogP contribution is 2.45. The summed E-state index contributed by atoms with van der Waals surface area (Å²) in [6, 6.07) is 6.83. The van der Waals surface area contributed by atoms with E-state index < -0.39 is 0 Å². The number of hydrogen-bond donors (Lipinski definition) is 4. The zero-order chi connectivity index (χ0) is 22.2. The van der Waals surface area contributed by atoms with Crippen LogP contribution in [-0.4, -0.2) is 34.2 Å². The minimum Gasteiger partial charge on any atom is -0.361 e. The van der Waals surface area contributed by atoms with Crippen LogP contribution >= 0.6 is 0 Å². The molecule has 3 aliphatic rings. The van der Waals surface area contributed by atoms with Gasteiger partial charge in [-0.1, -0.05) is 25.5 Å². The van der Waals surface area contributed by atoms with Gasteiger partial charge in [-0.05, 0) is 73.5 Å². The van der Waals surface area contributed by atoms with Crippen molar-refractivity contribution in [2.45, 2.75) is 76.2 Å². The average molecular weight is 437 g/mol. The minimum absolute atomic E-state index is 0.183. The molecule has 0 bridgehead atoms. The number of nitrogens with one attached hydrogen (secondary N) is 2. The van der Waals surface area contributed by atoms with E-state index in [9.17, 15) is 4.79 Å². The molecule has 2 aliphatic carbocycles. The van der Waals surface area contributed by atoms with Crippen LogP contribution in [0, 0.1) is 11.8 Å². The van der Waals surface area contributed by atoms with E-state index in [1.165, 1.54) is 34.9 Å². The van der Waals surface area contributed by atoms with Crippen LogP contribution in [0.25, 0.3) is 10.9 Å². The van der Waals surface area contributed by atoms with E-state index in [2.05, 4.69) is 51.7 Å². The normalized spacial score (nSPS) is 27.2. The average Bonchev–Trinajstić information content (AvgIpc) is 3.57. The van der Waals surface area contributed by atoms with Gasteiger partial charge in [0.05, 0.1) is 0 Å². The number of aromatic amines is 1. The SMILES string of the molecule is CC(CC(=O)N1CCCC2C(/C(=N/N)NN)CCCC21)c1c[nH]c2cccc(C3CC3)c12. The van der Waals surface area contributed by atoms with Crippen molar-refractivity contribution in [2.24, 2.45) is 28.6 Å². The molecule has 3 fully saturated rings. The third-order valence-corrected chi connectivity index (χ3v) is 8.12. The van der Waals surface area contributed by atoms with E-state index in [-0.39, 0.29) is 23.8 Å². The number of H-pyrrole nitrogens is 1. The molecule has 7 nitrogen and oxygen atoms in total. The van der Waals surface area contributed by atoms with E-state index in [1.807, 2.05) is 0 Å². The molecule has 0 spiro atoms. The number of nitrogens with zero attached hydrogens (tertiary/aromatic N) is 2. The van der Waals surface area contributed by atoms with Crippen molar-refractivity contribution in [1.29, 1.82) is 0 Å². The van der Waals surface area contributed by atoms with Crippen molar-refractivity contribution >= 4 is 22.6 Å². The molecule has 6 N–H and O–H groups in total. The summed E-state index contributed by atoms with van der Waals surface area (Å²) in [6.45, 7) is 3.05. The van der Waals surface area contributed by atoms with Gasteiger partial charge in [0.25, 0.3) is 0 Å². The van der Waals surface area contributed by atoms with Gasteiger partial charge in [0.15, 0.2) is 0 Å². The van der Waals surface area contributed by atoms with Crippen molar-refractivity contribution in [1.82, 2.24) is 15.3 Å². The predicted molar refractivity (Wildman–Crippen MR) is 128 cm³/mol. The van der Waals surface area contributed by atoms with E-state index in [1.54, 1.807) is 0 Å². The fourth-order valence-electron chi connectivity index (χ4n) is 6.43. The zero-order valence-corrected chi connectivity index (χ0v) is 19.0. The highest BCUT2D eigenvalue weighted by Gasteiger charge is 2.42. The highest BCUT2D eigenvalue weighted by molar-refractivity contribution is 5.89. The molecule has 32 heavy (non-hydrogen) atoms. The number of rotatable bonds is 5. The smallest absolute Gasteiger partial charge is 0.223 e. The first-order chi connectivity index (χ1) is 15.6. The van der Waals surface area contributed by atoms with E-state index in [0.717, 1.165) is 38.6 Å². The number of amides is 1. The largest absolute Gasteiger partial charge is 0.361 e. The summed E-state index contributed by atoms with van der Waals surface area (Å²) in [5, 5.41) is 5.25. The van der Waals surface area contributed by atoms with Crippen LogP contribution in [0.15, 0.2) is 29.5 Å². The molecule has 0 radical (unpaired) electrons. The van der Waals surface area contributed by atoms with Gasteiger partial charge in [0.1, 0.15) is 5.84 Å². The molecular formula is C25H36N6O. The first kappa shape index (κ1) is 21.3. The monoisotopic (exact) mass is 436 g/mol. The maximum absolute atomic E-state index is 13.6. The number of hydrogen-bond acceptors (Lipinski definition) is 4. The Morgan fingerprint density at radius 3 is 2.84 bits per heavy atom. The van der Waals surface area contributed by atoms with Gasteiger partial charge >= 0.3 is 0 Å². The number of likely N-dealkylation sites (tertiary alicyclic amines) is 1. The van der Waals surface area contributed by atoms with Crippen LogP contribution in [0.5, 0.6) is 0 Å². The number of hydrazone groups is 1. The summed E-state index contributed by atoms with van der Waals surface area (Å²) < 4.78 is 0. The third-order valence-electron chi connectivity index (χ3n) is 8.12. The van der Waals surface area contributed by atoms with Gasteiger partial charge in [-0.15, -0.1) is 0 Å². The molecule has 172 valence electrons. The van der Waals surface area contributed by atoms with Crippen molar-refractivity contribution in [3.8, 4) is 0 Å². The second kappa shape index (κ2) is 8.77. The highest BCUT2D eigenvalue weighted by atomic mass is 16.2. The van der Waals surface area contributed by atoms with Crippen LogP contribution in [0.1, 0.15) is 81.3 Å². The topological polar surface area (TPSA) is 113 Å². The van der Waals surface area contributed by atoms with Gasteiger partial charge in [-0.3, -0.25) is 4.79 Å². The Hall–Kier alpha value is -2.54. The maximum Gasteiger partial charge on any atom is 0.223 e. The number of nitrogens with two attached hydrogens (primary N) is 2. The fourth-order valence-corrected chi connectivity index (χ4v) is 6.43. The molecule has 2 saturated carbocycles. The van der Waals surface area contributed by atoms with Crippen molar-refractivity contribution < 1.29 is 4.79 Å². The summed E-state index contributed by atoms with van der Waals surface area (Å²) in [5.74, 6) is 13.7. The predicted octanol–water partition coefficient (Wildman–Crippen LogP) is 3.68. The Kier molecular flexibility index (Phi) is 5.84. The lowest BCUT2D eigenvalue weighted by atomic mass is 9.70. The summed E-state index contributed by atoms with van der Waals surface area (Å²) in [6.07, 6.45) is 10.5. The van der Waals surface area contributed by atoms with Crippen LogP contribution in [-0.2, 0) is 4.79 Å². The lowest BCUT2D eigenvalue weighted by molar-refractivity contribution is -0.138. The molecule has 1 aromatic carbocycles. The summed E-state index contributed by atoms with van der Waals surface area (Å²) in [5.41, 5.74) is 6.64. The van der Waals surface area contributed by atoms with Gasteiger partial charge < -0.3 is 21.2 Å². The van der Waals surface area contributed by atoms with Crippen molar-refractivity contribution in [3.05, 3.63) is 35.5 Å². The van der Waals surface area contributed by atoms with E-state index in [0.29, 0.717) is 24.1 Å². The number of piperidine rings is 1. The molecule has 1 saturated heterocycles. The molecular weight excluding hydrogens is 400 g/mol. The van der Waals surface area contributed by atoms with Crippen LogP contribution in [0.4, 0.5) is 0 Å². The van der Waals surface area contributed by atoms with Gasteiger partial charge in [0.2, 0.25) is 5.91 Å². The quantitative estimate of drug-likeness (QED) is 0.248. The Bertz CT molecular complexity index is 1010. The van der Waals surface area contributed by atoms with E-state index in [4.69, 9.17) is 11.7 Å². The van der Waals surface area contributed by atoms with Crippen molar-refractivity contribution in [3.63, 3.8) is 0 Å². The third kappa shape index (κ3) is 3.76. The van der Waals surface area contributed by atoms with Crippen molar-refractivity contribution in [2.75, 3.05) is 6.54 Å². The standard InChI is InChI=1S/C25H36N6O/c1-15(20-14-28-21-8-2-5-17(24(20)21)16-10-11-16)13-23(32)31-12-4-7-18-19(25(29-26)30-27)6-3-9-22(18)31/h2,5,8,14-16,18-19,22,28H,3-4,6-7,9-13,26-27H2,1H3,(H,29,30). The molecule has 1 aliphatic heterocycles. The molecule has 4 atom stereocenters. The molecule has 7 heteroatoms. The molecule has 5 rings (SSSR count). The summed E-state index contributed by atoms with van der Waals surface area (Å²) in [4.78, 5) is 19.2. The summed E-state index contributed by atoms with van der Waals surface area (Å²) in [7, 11) is 0. The second-order valence-electron chi connectivity index (χ2n) is 10.0. The number of fused-ring (bicyclic) bond motifs is 2. The lowest BCUT2D eigenvalue weighted by Crippen LogP contribution is -2.55. The first-order valence-corrected chi connectivity index (χ1v) is 12.3. The minimum atomic E-state index is 0.183. The molecule has 2 aromatic rings. The van der Waals surface area contributed by atoms with Crippen LogP contribution < -0.4 is 17.1 Å². The van der Waals surface area contributed by atoms with Gasteiger partial charge in [-0.25, -0.2) is 5.84 Å². The fraction of sp³-hybridized carbons (Fsp3) is 0.600. The summed E-state index contributed by atoms with van der Waals surface area (Å²) >= 11 is 0. The molecule has 1 amide bonds. The number of benzene rings is 1. The lowest BCUT2D eigenvalue weighted by Gasteiger charge is -2.47. The zero-order valence-electron chi connectivity index (χ0n) is 19.0. The number of carbonyl (C=O) groups is 1.